The third-order valence-corrected chi connectivity index (χ3v) is 8.81. The van der Waals surface area contributed by atoms with Crippen molar-refractivity contribution in [1.29, 1.82) is 0 Å². The van der Waals surface area contributed by atoms with Crippen molar-refractivity contribution in [2.75, 3.05) is 19.7 Å². The number of ether oxygens (including phenoxy) is 1. The lowest BCUT2D eigenvalue weighted by Gasteiger charge is -2.38. The van der Waals surface area contributed by atoms with Gasteiger partial charge in [-0.15, -0.1) is 0 Å². The molecular formula is C28H28N4O5. The topological polar surface area (TPSA) is 108 Å². The first kappa shape index (κ1) is 22.5. The first-order valence-electron chi connectivity index (χ1n) is 13.0. The van der Waals surface area contributed by atoms with Gasteiger partial charge < -0.3 is 15.0 Å². The minimum atomic E-state index is -0.628. The van der Waals surface area contributed by atoms with Crippen LogP contribution < -0.4 is 15.4 Å². The molecule has 37 heavy (non-hydrogen) atoms. The van der Waals surface area contributed by atoms with Crippen LogP contribution >= 0.6 is 0 Å². The Balaban J connectivity index is 1.07. The van der Waals surface area contributed by atoms with Crippen molar-refractivity contribution in [3.05, 3.63) is 63.7 Å². The standard InChI is InChI=1S/C28H28N4O5/c33-23-6-5-22(26(35)30-23)32-14-20-18(27(32)36)3-4-21-24(20)37-15-28(21)7-9-31(10-8-28)13-16-1-2-17-12-29-25(34)19(17)11-16/h1-4,11,22H,5-10,12-15H2,(H,29,34)(H,30,33,35)/t22-/m0/s1. The zero-order valence-electron chi connectivity index (χ0n) is 20.5. The van der Waals surface area contributed by atoms with Crippen LogP contribution in [0.1, 0.15) is 68.7 Å². The van der Waals surface area contributed by atoms with Gasteiger partial charge in [0.15, 0.2) is 0 Å². The van der Waals surface area contributed by atoms with Crippen molar-refractivity contribution < 1.29 is 23.9 Å². The molecule has 2 aromatic carbocycles. The minimum absolute atomic E-state index is 0.0105. The summed E-state index contributed by atoms with van der Waals surface area (Å²) in [7, 11) is 0. The van der Waals surface area contributed by atoms with E-state index in [1.807, 2.05) is 18.2 Å². The monoisotopic (exact) mass is 500 g/mol. The number of likely N-dealkylation sites (tertiary alicyclic amines) is 1. The first-order chi connectivity index (χ1) is 17.9. The van der Waals surface area contributed by atoms with Crippen molar-refractivity contribution >= 4 is 23.6 Å². The fourth-order valence-corrected chi connectivity index (χ4v) is 6.65. The molecule has 2 N–H and O–H groups in total. The summed E-state index contributed by atoms with van der Waals surface area (Å²) in [6, 6.07) is 9.49. The number of rotatable bonds is 3. The molecule has 0 saturated carbocycles. The summed E-state index contributed by atoms with van der Waals surface area (Å²) in [5.74, 6) is -0.0443. The number of fused-ring (bicyclic) bond motifs is 5. The molecule has 9 heteroatoms. The molecule has 2 fully saturated rings. The average molecular weight is 501 g/mol. The minimum Gasteiger partial charge on any atom is -0.492 e. The normalized spacial score (nSPS) is 24.0. The predicted molar refractivity (Wildman–Crippen MR) is 132 cm³/mol. The molecule has 2 saturated heterocycles. The highest BCUT2D eigenvalue weighted by Crippen LogP contribution is 2.49. The number of benzene rings is 2. The van der Waals surface area contributed by atoms with Crippen molar-refractivity contribution in [1.82, 2.24) is 20.4 Å². The quantitative estimate of drug-likeness (QED) is 0.621. The van der Waals surface area contributed by atoms with Crippen LogP contribution in [0.2, 0.25) is 0 Å². The fourth-order valence-electron chi connectivity index (χ4n) is 6.65. The summed E-state index contributed by atoms with van der Waals surface area (Å²) in [5, 5.41) is 5.24. The molecule has 1 spiro atoms. The van der Waals surface area contributed by atoms with Gasteiger partial charge in [-0.1, -0.05) is 18.2 Å². The number of amides is 4. The van der Waals surface area contributed by atoms with Crippen molar-refractivity contribution in [3.63, 3.8) is 0 Å². The van der Waals surface area contributed by atoms with Crippen LogP contribution in [0.4, 0.5) is 0 Å². The number of hydrogen-bond acceptors (Lipinski definition) is 6. The molecule has 0 unspecified atom stereocenters. The molecule has 0 radical (unpaired) electrons. The highest BCUT2D eigenvalue weighted by Gasteiger charge is 2.47. The second-order valence-corrected chi connectivity index (χ2v) is 10.9. The van der Waals surface area contributed by atoms with Crippen LogP contribution in [0, 0.1) is 0 Å². The number of piperidine rings is 2. The smallest absolute Gasteiger partial charge is 0.255 e. The molecule has 5 aliphatic heterocycles. The van der Waals surface area contributed by atoms with E-state index in [4.69, 9.17) is 4.74 Å². The molecule has 2 aromatic rings. The molecule has 1 atom stereocenters. The SMILES string of the molecule is O=C1CC[C@H](N2Cc3c(ccc4c3OCC43CCN(Cc4ccc5c(c4)C(=O)NC5)CC3)C2=O)C(=O)N1. The Morgan fingerprint density at radius 2 is 1.86 bits per heavy atom. The van der Waals surface area contributed by atoms with Gasteiger partial charge in [-0.3, -0.25) is 29.4 Å². The maximum Gasteiger partial charge on any atom is 0.255 e. The summed E-state index contributed by atoms with van der Waals surface area (Å²) >= 11 is 0. The van der Waals surface area contributed by atoms with Crippen LogP contribution in [0.5, 0.6) is 5.75 Å². The highest BCUT2D eigenvalue weighted by molar-refractivity contribution is 6.06. The first-order valence-corrected chi connectivity index (χ1v) is 13.0. The Labute approximate surface area is 214 Å². The maximum absolute atomic E-state index is 13.2. The largest absolute Gasteiger partial charge is 0.492 e. The van der Waals surface area contributed by atoms with Gasteiger partial charge in [0.25, 0.3) is 11.8 Å². The lowest BCUT2D eigenvalue weighted by Crippen LogP contribution is -2.52. The summed E-state index contributed by atoms with van der Waals surface area (Å²) in [4.78, 5) is 53.2. The van der Waals surface area contributed by atoms with Gasteiger partial charge in [0, 0.05) is 47.2 Å². The Morgan fingerprint density at radius 1 is 1.03 bits per heavy atom. The Hall–Kier alpha value is -3.72. The second-order valence-electron chi connectivity index (χ2n) is 10.9. The molecule has 7 rings (SSSR count). The number of hydrogen-bond donors (Lipinski definition) is 2. The molecule has 0 aromatic heterocycles. The van der Waals surface area contributed by atoms with Gasteiger partial charge in [-0.25, -0.2) is 0 Å². The van der Waals surface area contributed by atoms with Crippen LogP contribution in [0.15, 0.2) is 30.3 Å². The van der Waals surface area contributed by atoms with E-state index in [0.29, 0.717) is 31.7 Å². The summed E-state index contributed by atoms with van der Waals surface area (Å²) < 4.78 is 6.28. The number of carbonyl (C=O) groups excluding carboxylic acids is 4. The molecule has 190 valence electrons. The van der Waals surface area contributed by atoms with E-state index < -0.39 is 11.9 Å². The van der Waals surface area contributed by atoms with E-state index in [9.17, 15) is 19.2 Å². The molecule has 0 bridgehead atoms. The van der Waals surface area contributed by atoms with E-state index in [0.717, 1.165) is 66.0 Å². The van der Waals surface area contributed by atoms with Gasteiger partial charge in [0.05, 0.1) is 13.2 Å². The van der Waals surface area contributed by atoms with Crippen molar-refractivity contribution in [3.8, 4) is 5.75 Å². The van der Waals surface area contributed by atoms with Gasteiger partial charge in [-0.05, 0) is 55.6 Å². The lowest BCUT2D eigenvalue weighted by atomic mass is 9.74. The van der Waals surface area contributed by atoms with E-state index in [1.165, 1.54) is 0 Å². The third-order valence-electron chi connectivity index (χ3n) is 8.81. The van der Waals surface area contributed by atoms with E-state index >= 15 is 0 Å². The zero-order chi connectivity index (χ0) is 25.3. The van der Waals surface area contributed by atoms with E-state index in [-0.39, 0.29) is 29.6 Å². The molecule has 5 aliphatic rings. The molecule has 9 nitrogen and oxygen atoms in total. The van der Waals surface area contributed by atoms with Crippen LogP contribution in [-0.2, 0) is 34.6 Å². The van der Waals surface area contributed by atoms with E-state index in [2.05, 4.69) is 27.7 Å². The molecule has 0 aliphatic carbocycles. The number of imide groups is 1. The van der Waals surface area contributed by atoms with Crippen LogP contribution in [0.25, 0.3) is 0 Å². The van der Waals surface area contributed by atoms with Crippen molar-refractivity contribution in [2.24, 2.45) is 0 Å². The Kier molecular flexibility index (Phi) is 4.95. The van der Waals surface area contributed by atoms with Gasteiger partial charge in [0.2, 0.25) is 11.8 Å². The van der Waals surface area contributed by atoms with Gasteiger partial charge in [0.1, 0.15) is 11.8 Å². The average Bonchev–Trinajstić information content (AvgIpc) is 3.55. The Bertz CT molecular complexity index is 1380. The maximum atomic E-state index is 13.2. The van der Waals surface area contributed by atoms with Crippen LogP contribution in [0.3, 0.4) is 0 Å². The number of nitrogens with one attached hydrogen (secondary N) is 2. The summed E-state index contributed by atoms with van der Waals surface area (Å²) in [5.41, 5.74) is 5.55. The molecule has 5 heterocycles. The van der Waals surface area contributed by atoms with Crippen molar-refractivity contribution in [2.45, 2.75) is 56.8 Å². The van der Waals surface area contributed by atoms with Gasteiger partial charge in [-0.2, -0.15) is 0 Å². The molecular weight excluding hydrogens is 472 g/mol. The van der Waals surface area contributed by atoms with Crippen LogP contribution in [-0.4, -0.2) is 59.2 Å². The fraction of sp³-hybridized carbons (Fsp3) is 0.429. The van der Waals surface area contributed by atoms with Gasteiger partial charge >= 0.3 is 0 Å². The van der Waals surface area contributed by atoms with E-state index in [1.54, 1.807) is 4.90 Å². The summed E-state index contributed by atoms with van der Waals surface area (Å²) in [6.45, 7) is 4.19. The summed E-state index contributed by atoms with van der Waals surface area (Å²) in [6.07, 6.45) is 2.50. The Morgan fingerprint density at radius 3 is 2.68 bits per heavy atom. The molecule has 4 amide bonds. The number of nitrogens with zero attached hydrogens (tertiary/aromatic N) is 2. The third kappa shape index (κ3) is 3.48. The highest BCUT2D eigenvalue weighted by atomic mass is 16.5. The number of carbonyl (C=O) groups is 4. The second kappa shape index (κ2) is 8.14. The lowest BCUT2D eigenvalue weighted by molar-refractivity contribution is -0.136. The zero-order valence-corrected chi connectivity index (χ0v) is 20.5. The predicted octanol–water partition coefficient (Wildman–Crippen LogP) is 1.62.